The number of fused-ring (bicyclic) bond motifs is 1. The predicted molar refractivity (Wildman–Crippen MR) is 119 cm³/mol. The Bertz CT molecular complexity index is 991. The minimum absolute atomic E-state index is 0.605. The van der Waals surface area contributed by atoms with Crippen molar-refractivity contribution in [3.63, 3.8) is 0 Å². The van der Waals surface area contributed by atoms with Crippen LogP contribution in [0.3, 0.4) is 0 Å². The lowest BCUT2D eigenvalue weighted by Gasteiger charge is -2.21. The second kappa shape index (κ2) is 9.62. The lowest BCUT2D eigenvalue weighted by atomic mass is 9.92. The number of hydrogen-bond donors (Lipinski definition) is 1. The standard InChI is InChI=1S/C25H29N3O/c1-2-28-23-11-6-8-21(14-13-20-15-18-29-19-16-20)25(23)27-24(28)12-7-17-26-22-9-4-3-5-10-22/h3-6,8-11,20,26H,2,13-19H2,1H3. The average Bonchev–Trinajstić information content (AvgIpc) is 3.14. The van der Waals surface area contributed by atoms with E-state index in [1.807, 2.05) is 30.3 Å². The van der Waals surface area contributed by atoms with E-state index < -0.39 is 0 Å². The Morgan fingerprint density at radius 1 is 1.10 bits per heavy atom. The van der Waals surface area contributed by atoms with Gasteiger partial charge in [-0.2, -0.15) is 0 Å². The zero-order chi connectivity index (χ0) is 19.9. The fraction of sp³-hybridized carbons (Fsp3) is 0.400. The van der Waals surface area contributed by atoms with Crippen molar-refractivity contribution in [3.05, 3.63) is 59.9 Å². The van der Waals surface area contributed by atoms with Crippen LogP contribution < -0.4 is 5.32 Å². The van der Waals surface area contributed by atoms with Crippen LogP contribution in [0.5, 0.6) is 0 Å². The molecule has 1 aliphatic heterocycles. The lowest BCUT2D eigenvalue weighted by Crippen LogP contribution is -2.16. The fourth-order valence-electron chi connectivity index (χ4n) is 4.04. The molecule has 29 heavy (non-hydrogen) atoms. The topological polar surface area (TPSA) is 39.1 Å². The molecule has 0 amide bonds. The van der Waals surface area contributed by atoms with Crippen LogP contribution in [0.2, 0.25) is 0 Å². The third kappa shape index (κ3) is 4.81. The van der Waals surface area contributed by atoms with Gasteiger partial charge in [0.25, 0.3) is 0 Å². The van der Waals surface area contributed by atoms with Crippen molar-refractivity contribution in [1.29, 1.82) is 0 Å². The summed E-state index contributed by atoms with van der Waals surface area (Å²) in [6.45, 7) is 5.46. The Balaban J connectivity index is 1.50. The Labute approximate surface area is 173 Å². The van der Waals surface area contributed by atoms with Crippen molar-refractivity contribution < 1.29 is 4.74 Å². The normalized spacial score (nSPS) is 14.5. The number of rotatable bonds is 6. The van der Waals surface area contributed by atoms with E-state index in [0.29, 0.717) is 6.54 Å². The zero-order valence-electron chi connectivity index (χ0n) is 17.2. The van der Waals surface area contributed by atoms with Crippen LogP contribution in [-0.4, -0.2) is 29.3 Å². The molecule has 0 saturated carbocycles. The Kier molecular flexibility index (Phi) is 6.49. The SMILES string of the molecule is CCn1c(C#CCNc2ccccc2)nc2c(CCC3CCOCC3)cccc21. The highest BCUT2D eigenvalue weighted by Gasteiger charge is 2.16. The molecular formula is C25H29N3O. The van der Waals surface area contributed by atoms with Crippen molar-refractivity contribution in [2.24, 2.45) is 5.92 Å². The van der Waals surface area contributed by atoms with Gasteiger partial charge in [0.2, 0.25) is 0 Å². The van der Waals surface area contributed by atoms with Crippen molar-refractivity contribution in [1.82, 2.24) is 9.55 Å². The number of hydrogen-bond acceptors (Lipinski definition) is 3. The van der Waals surface area contributed by atoms with Crippen molar-refractivity contribution in [2.45, 2.75) is 39.2 Å². The van der Waals surface area contributed by atoms with Crippen LogP contribution in [0.1, 0.15) is 37.6 Å². The van der Waals surface area contributed by atoms with Crippen LogP contribution in [0.4, 0.5) is 5.69 Å². The molecule has 1 aliphatic rings. The lowest BCUT2D eigenvalue weighted by molar-refractivity contribution is 0.0640. The summed E-state index contributed by atoms with van der Waals surface area (Å²) >= 11 is 0. The Morgan fingerprint density at radius 3 is 2.72 bits per heavy atom. The highest BCUT2D eigenvalue weighted by Crippen LogP contribution is 2.25. The van der Waals surface area contributed by atoms with E-state index in [4.69, 9.17) is 9.72 Å². The molecule has 0 bridgehead atoms. The summed E-state index contributed by atoms with van der Waals surface area (Å²) in [4.78, 5) is 4.93. The van der Waals surface area contributed by atoms with Crippen molar-refractivity contribution in [3.8, 4) is 11.8 Å². The molecule has 1 N–H and O–H groups in total. The third-order valence-electron chi connectivity index (χ3n) is 5.70. The molecule has 3 aromatic rings. The third-order valence-corrected chi connectivity index (χ3v) is 5.70. The smallest absolute Gasteiger partial charge is 0.186 e. The van der Waals surface area contributed by atoms with Gasteiger partial charge in [-0.25, -0.2) is 4.98 Å². The highest BCUT2D eigenvalue weighted by molar-refractivity contribution is 5.80. The molecule has 150 valence electrons. The van der Waals surface area contributed by atoms with E-state index in [-0.39, 0.29) is 0 Å². The minimum atomic E-state index is 0.605. The van der Waals surface area contributed by atoms with Gasteiger partial charge in [0.1, 0.15) is 0 Å². The van der Waals surface area contributed by atoms with Crippen LogP contribution in [0, 0.1) is 17.8 Å². The zero-order valence-corrected chi connectivity index (χ0v) is 17.2. The second-order valence-electron chi connectivity index (χ2n) is 7.58. The average molecular weight is 388 g/mol. The summed E-state index contributed by atoms with van der Waals surface area (Å²) in [6.07, 6.45) is 4.66. The molecule has 0 unspecified atom stereocenters. The van der Waals surface area contributed by atoms with Gasteiger partial charge in [-0.05, 0) is 68.2 Å². The summed E-state index contributed by atoms with van der Waals surface area (Å²) < 4.78 is 7.72. The number of anilines is 1. The molecule has 0 atom stereocenters. The van der Waals surface area contributed by atoms with E-state index in [0.717, 1.165) is 49.1 Å². The molecule has 4 nitrogen and oxygen atoms in total. The fourth-order valence-corrected chi connectivity index (χ4v) is 4.04. The van der Waals surface area contributed by atoms with Crippen LogP contribution in [-0.2, 0) is 17.7 Å². The first-order valence-corrected chi connectivity index (χ1v) is 10.7. The Hall–Kier alpha value is -2.77. The van der Waals surface area contributed by atoms with Gasteiger partial charge in [0.05, 0.1) is 17.6 Å². The summed E-state index contributed by atoms with van der Waals surface area (Å²) in [7, 11) is 0. The van der Waals surface area contributed by atoms with Crippen LogP contribution in [0.25, 0.3) is 11.0 Å². The van der Waals surface area contributed by atoms with Crippen LogP contribution in [0.15, 0.2) is 48.5 Å². The molecule has 4 heteroatoms. The molecule has 2 heterocycles. The van der Waals surface area contributed by atoms with Gasteiger partial charge < -0.3 is 14.6 Å². The predicted octanol–water partition coefficient (Wildman–Crippen LogP) is 4.88. The number of benzene rings is 2. The summed E-state index contributed by atoms with van der Waals surface area (Å²) in [5.41, 5.74) is 4.73. The molecule has 0 radical (unpaired) electrons. The van der Waals surface area contributed by atoms with Gasteiger partial charge in [-0.1, -0.05) is 36.3 Å². The maximum absolute atomic E-state index is 5.49. The Morgan fingerprint density at radius 2 is 1.93 bits per heavy atom. The number of aryl methyl sites for hydroxylation is 2. The summed E-state index contributed by atoms with van der Waals surface area (Å²) in [5.74, 6) is 8.14. The number of ether oxygens (including phenoxy) is 1. The minimum Gasteiger partial charge on any atom is -0.381 e. The van der Waals surface area contributed by atoms with E-state index in [1.165, 1.54) is 30.3 Å². The molecule has 2 aromatic carbocycles. The maximum Gasteiger partial charge on any atom is 0.186 e. The summed E-state index contributed by atoms with van der Waals surface area (Å²) in [5, 5.41) is 3.33. The van der Waals surface area contributed by atoms with Crippen LogP contribution >= 0.6 is 0 Å². The van der Waals surface area contributed by atoms with E-state index in [9.17, 15) is 0 Å². The van der Waals surface area contributed by atoms with Gasteiger partial charge in [-0.15, -0.1) is 0 Å². The van der Waals surface area contributed by atoms with Gasteiger partial charge >= 0.3 is 0 Å². The number of nitrogens with one attached hydrogen (secondary N) is 1. The number of aromatic nitrogens is 2. The molecule has 1 aromatic heterocycles. The largest absolute Gasteiger partial charge is 0.381 e. The number of imidazole rings is 1. The first-order valence-electron chi connectivity index (χ1n) is 10.7. The van der Waals surface area contributed by atoms with Crippen molar-refractivity contribution in [2.75, 3.05) is 25.1 Å². The van der Waals surface area contributed by atoms with Gasteiger partial charge in [0.15, 0.2) is 5.82 Å². The molecule has 1 fully saturated rings. The number of nitrogens with zero attached hydrogens (tertiary/aromatic N) is 2. The number of para-hydroxylation sites is 2. The van der Waals surface area contributed by atoms with Gasteiger partial charge in [0, 0.05) is 25.4 Å². The monoisotopic (exact) mass is 387 g/mol. The van der Waals surface area contributed by atoms with E-state index >= 15 is 0 Å². The van der Waals surface area contributed by atoms with E-state index in [2.05, 4.69) is 46.8 Å². The molecule has 0 aliphatic carbocycles. The molecule has 4 rings (SSSR count). The summed E-state index contributed by atoms with van der Waals surface area (Å²) in [6, 6.07) is 16.7. The highest BCUT2D eigenvalue weighted by atomic mass is 16.5. The maximum atomic E-state index is 5.49. The quantitative estimate of drug-likeness (QED) is 0.613. The molecular weight excluding hydrogens is 358 g/mol. The van der Waals surface area contributed by atoms with Crippen molar-refractivity contribution >= 4 is 16.7 Å². The second-order valence-corrected chi connectivity index (χ2v) is 7.58. The van der Waals surface area contributed by atoms with Gasteiger partial charge in [-0.3, -0.25) is 0 Å². The molecule has 1 saturated heterocycles. The first-order chi connectivity index (χ1) is 14.3. The molecule has 0 spiro atoms. The van der Waals surface area contributed by atoms with E-state index in [1.54, 1.807) is 0 Å². The first kappa shape index (κ1) is 19.5.